The van der Waals surface area contributed by atoms with E-state index in [0.717, 1.165) is 18.4 Å². The Hall–Kier alpha value is -3.74. The highest BCUT2D eigenvalue weighted by Crippen LogP contribution is 2.33. The predicted octanol–water partition coefficient (Wildman–Crippen LogP) is 4.79. The molecule has 1 amide bonds. The third-order valence-electron chi connectivity index (χ3n) is 3.95. The summed E-state index contributed by atoms with van der Waals surface area (Å²) in [5.74, 6) is -4.43. The van der Waals surface area contributed by atoms with Gasteiger partial charge in [0, 0.05) is 18.0 Å². The van der Waals surface area contributed by atoms with Crippen LogP contribution < -0.4 is 14.8 Å². The Morgan fingerprint density at radius 3 is 2.36 bits per heavy atom. The van der Waals surface area contributed by atoms with Gasteiger partial charge in [0.1, 0.15) is 11.4 Å². The fourth-order valence-corrected chi connectivity index (χ4v) is 3.14. The number of anilines is 2. The Morgan fingerprint density at radius 2 is 1.73 bits per heavy atom. The maximum Gasteiger partial charge on any atom is 0.417 e. The van der Waals surface area contributed by atoms with Gasteiger partial charge in [-0.3, -0.25) is 9.52 Å². The van der Waals surface area contributed by atoms with Crippen LogP contribution >= 0.6 is 0 Å². The maximum absolute atomic E-state index is 13.9. The molecule has 0 bridgehead atoms. The lowest BCUT2D eigenvalue weighted by molar-refractivity contribution is -0.137. The summed E-state index contributed by atoms with van der Waals surface area (Å²) in [5, 5.41) is 2.30. The molecule has 7 nitrogen and oxygen atoms in total. The van der Waals surface area contributed by atoms with Crippen LogP contribution in [0.2, 0.25) is 0 Å². The zero-order valence-electron chi connectivity index (χ0n) is 16.6. The van der Waals surface area contributed by atoms with Gasteiger partial charge >= 0.3 is 6.18 Å². The minimum atomic E-state index is -4.85. The number of rotatable bonds is 6. The van der Waals surface area contributed by atoms with Crippen LogP contribution in [0.1, 0.15) is 15.9 Å². The predicted molar refractivity (Wildman–Crippen MR) is 109 cm³/mol. The van der Waals surface area contributed by atoms with E-state index in [4.69, 9.17) is 4.74 Å². The molecule has 0 aliphatic carbocycles. The van der Waals surface area contributed by atoms with Crippen molar-refractivity contribution in [1.82, 2.24) is 4.98 Å². The number of carbonyl (C=O) groups excluding carboxylic acids is 1. The van der Waals surface area contributed by atoms with Crippen LogP contribution in [0, 0.1) is 11.6 Å². The largest absolute Gasteiger partial charge is 0.435 e. The van der Waals surface area contributed by atoms with Crippen LogP contribution in [0.4, 0.5) is 33.3 Å². The van der Waals surface area contributed by atoms with Crippen molar-refractivity contribution in [3.8, 4) is 11.6 Å². The lowest BCUT2D eigenvalue weighted by Gasteiger charge is -2.14. The van der Waals surface area contributed by atoms with Crippen LogP contribution in [-0.4, -0.2) is 25.6 Å². The van der Waals surface area contributed by atoms with Crippen molar-refractivity contribution < 1.29 is 39.9 Å². The second-order valence-corrected chi connectivity index (χ2v) is 8.41. The standard InChI is InChI=1S/C20H14F5N3O4S/c1-33(30,31)28-14-4-2-3-13(9-14)27-18(29)15-7-11(20(23,24)25)10-26-19(15)32-17-6-5-12(21)8-16(17)22/h2-10,28H,1H3,(H,27,29). The number of nitrogens with zero attached hydrogens (tertiary/aromatic N) is 1. The van der Waals surface area contributed by atoms with Crippen molar-refractivity contribution in [3.63, 3.8) is 0 Å². The fraction of sp³-hybridized carbons (Fsp3) is 0.100. The summed E-state index contributed by atoms with van der Waals surface area (Å²) in [6.07, 6.45) is -3.55. The number of pyridine rings is 1. The number of sulfonamides is 1. The van der Waals surface area contributed by atoms with Gasteiger partial charge in [-0.15, -0.1) is 0 Å². The van der Waals surface area contributed by atoms with E-state index in [2.05, 4.69) is 15.0 Å². The maximum atomic E-state index is 13.9. The number of benzene rings is 2. The Labute approximate surface area is 184 Å². The molecule has 0 saturated heterocycles. The van der Waals surface area contributed by atoms with Crippen LogP contribution in [0.25, 0.3) is 0 Å². The number of ether oxygens (including phenoxy) is 1. The topological polar surface area (TPSA) is 97.4 Å². The van der Waals surface area contributed by atoms with Crippen molar-refractivity contribution in [2.75, 3.05) is 16.3 Å². The molecule has 13 heteroatoms. The molecule has 1 aromatic heterocycles. The van der Waals surface area contributed by atoms with E-state index in [-0.39, 0.29) is 11.4 Å². The molecule has 0 aliphatic rings. The molecule has 2 aromatic carbocycles. The van der Waals surface area contributed by atoms with E-state index < -0.39 is 56.5 Å². The van der Waals surface area contributed by atoms with E-state index in [1.807, 2.05) is 0 Å². The highest BCUT2D eigenvalue weighted by molar-refractivity contribution is 7.92. The average Bonchev–Trinajstić information content (AvgIpc) is 2.68. The minimum Gasteiger partial charge on any atom is -0.435 e. The van der Waals surface area contributed by atoms with Gasteiger partial charge in [0.15, 0.2) is 11.6 Å². The van der Waals surface area contributed by atoms with Crippen LogP contribution in [0.5, 0.6) is 11.6 Å². The number of amides is 1. The Kier molecular flexibility index (Phi) is 6.53. The van der Waals surface area contributed by atoms with Gasteiger partial charge in [0.05, 0.1) is 17.5 Å². The van der Waals surface area contributed by atoms with Crippen molar-refractivity contribution in [2.45, 2.75) is 6.18 Å². The third kappa shape index (κ3) is 6.38. The quantitative estimate of drug-likeness (QED) is 0.487. The SMILES string of the molecule is CS(=O)(=O)Nc1cccc(NC(=O)c2cc(C(F)(F)F)cnc2Oc2ccc(F)cc2F)c1. The smallest absolute Gasteiger partial charge is 0.417 e. The molecule has 0 aliphatic heterocycles. The van der Waals surface area contributed by atoms with Crippen molar-refractivity contribution in [2.24, 2.45) is 0 Å². The first-order chi connectivity index (χ1) is 15.3. The molecule has 0 radical (unpaired) electrons. The Balaban J connectivity index is 1.97. The van der Waals surface area contributed by atoms with Crippen LogP contribution in [-0.2, 0) is 16.2 Å². The summed E-state index contributed by atoms with van der Waals surface area (Å²) in [6, 6.07) is 8.02. The normalized spacial score (nSPS) is 11.7. The second kappa shape index (κ2) is 9.02. The van der Waals surface area contributed by atoms with E-state index in [1.165, 1.54) is 24.3 Å². The molecule has 33 heavy (non-hydrogen) atoms. The monoisotopic (exact) mass is 487 g/mol. The Morgan fingerprint density at radius 1 is 1.03 bits per heavy atom. The number of alkyl halides is 3. The van der Waals surface area contributed by atoms with Gasteiger partial charge in [-0.1, -0.05) is 6.07 Å². The summed E-state index contributed by atoms with van der Waals surface area (Å²) >= 11 is 0. The number of hydrogen-bond donors (Lipinski definition) is 2. The number of nitrogens with one attached hydrogen (secondary N) is 2. The van der Waals surface area contributed by atoms with Gasteiger partial charge < -0.3 is 10.1 Å². The molecule has 0 fully saturated rings. The molecule has 0 unspecified atom stereocenters. The van der Waals surface area contributed by atoms with E-state index in [1.54, 1.807) is 0 Å². The number of hydrogen-bond acceptors (Lipinski definition) is 5. The van der Waals surface area contributed by atoms with E-state index in [0.29, 0.717) is 18.3 Å². The lowest BCUT2D eigenvalue weighted by Crippen LogP contribution is -2.16. The molecular formula is C20H14F5N3O4S. The number of carbonyl (C=O) groups is 1. The van der Waals surface area contributed by atoms with Gasteiger partial charge in [0.2, 0.25) is 15.9 Å². The molecule has 1 heterocycles. The summed E-state index contributed by atoms with van der Waals surface area (Å²) in [7, 11) is -3.62. The summed E-state index contributed by atoms with van der Waals surface area (Å²) in [6.45, 7) is 0. The fourth-order valence-electron chi connectivity index (χ4n) is 2.59. The molecule has 174 valence electrons. The number of halogens is 5. The molecular weight excluding hydrogens is 473 g/mol. The van der Waals surface area contributed by atoms with Gasteiger partial charge in [-0.05, 0) is 36.4 Å². The van der Waals surface area contributed by atoms with Gasteiger partial charge in [-0.2, -0.15) is 13.2 Å². The van der Waals surface area contributed by atoms with Crippen molar-refractivity contribution in [1.29, 1.82) is 0 Å². The van der Waals surface area contributed by atoms with E-state index >= 15 is 0 Å². The molecule has 0 atom stereocenters. The second-order valence-electron chi connectivity index (χ2n) is 6.66. The van der Waals surface area contributed by atoms with Crippen LogP contribution in [0.15, 0.2) is 54.7 Å². The summed E-state index contributed by atoms with van der Waals surface area (Å²) in [4.78, 5) is 16.2. The third-order valence-corrected chi connectivity index (χ3v) is 4.55. The average molecular weight is 487 g/mol. The summed E-state index contributed by atoms with van der Waals surface area (Å²) in [5.41, 5.74) is -1.85. The molecule has 3 aromatic rings. The minimum absolute atomic E-state index is 0.0324. The van der Waals surface area contributed by atoms with E-state index in [9.17, 15) is 35.2 Å². The zero-order chi connectivity index (χ0) is 24.4. The first-order valence-corrected chi connectivity index (χ1v) is 10.8. The summed E-state index contributed by atoms with van der Waals surface area (Å²) < 4.78 is 96.6. The highest BCUT2D eigenvalue weighted by atomic mass is 32.2. The van der Waals surface area contributed by atoms with Crippen molar-refractivity contribution >= 4 is 27.3 Å². The zero-order valence-corrected chi connectivity index (χ0v) is 17.4. The van der Waals surface area contributed by atoms with Crippen molar-refractivity contribution in [3.05, 3.63) is 77.5 Å². The molecule has 0 spiro atoms. The molecule has 2 N–H and O–H groups in total. The first kappa shape index (κ1) is 23.9. The first-order valence-electron chi connectivity index (χ1n) is 8.91. The molecule has 0 saturated carbocycles. The van der Waals surface area contributed by atoms with Crippen LogP contribution in [0.3, 0.4) is 0 Å². The highest BCUT2D eigenvalue weighted by Gasteiger charge is 2.33. The van der Waals surface area contributed by atoms with Gasteiger partial charge in [0.25, 0.3) is 5.91 Å². The molecule has 3 rings (SSSR count). The Bertz CT molecular complexity index is 1310. The lowest BCUT2D eigenvalue weighted by atomic mass is 10.1. The number of aromatic nitrogens is 1. The van der Waals surface area contributed by atoms with Gasteiger partial charge in [-0.25, -0.2) is 22.2 Å².